The molecular weight excluding hydrogens is 450 g/mol. The van der Waals surface area contributed by atoms with Crippen molar-refractivity contribution in [3.63, 3.8) is 0 Å². The van der Waals surface area contributed by atoms with Crippen LogP contribution in [0.25, 0.3) is 11.1 Å². The predicted molar refractivity (Wildman–Crippen MR) is 135 cm³/mol. The summed E-state index contributed by atoms with van der Waals surface area (Å²) < 4.78 is 6.00. The summed E-state index contributed by atoms with van der Waals surface area (Å²) in [6, 6.07) is 35.0. The van der Waals surface area contributed by atoms with Gasteiger partial charge in [-0.25, -0.2) is 0 Å². The van der Waals surface area contributed by atoms with Crippen molar-refractivity contribution in [2.45, 2.75) is 11.8 Å². The van der Waals surface area contributed by atoms with E-state index in [-0.39, 0.29) is 0 Å². The van der Waals surface area contributed by atoms with Crippen LogP contribution in [-0.2, 0) is 9.59 Å². The summed E-state index contributed by atoms with van der Waals surface area (Å²) >= 11 is 0. The van der Waals surface area contributed by atoms with Crippen molar-refractivity contribution in [3.8, 4) is 22.9 Å². The van der Waals surface area contributed by atoms with Crippen LogP contribution in [0.5, 0.6) is 5.75 Å². The molecule has 1 saturated carbocycles. The van der Waals surface area contributed by atoms with Gasteiger partial charge in [0, 0.05) is 17.4 Å². The maximum Gasteiger partial charge on any atom is 0.315 e. The van der Waals surface area contributed by atoms with Crippen LogP contribution in [0.3, 0.4) is 0 Å². The Labute approximate surface area is 209 Å². The Bertz CT molecular complexity index is 1380. The Morgan fingerprint density at radius 2 is 1.22 bits per heavy atom. The van der Waals surface area contributed by atoms with Crippen molar-refractivity contribution in [1.29, 1.82) is 5.26 Å². The molecule has 1 aliphatic carbocycles. The van der Waals surface area contributed by atoms with Gasteiger partial charge in [0.15, 0.2) is 0 Å². The number of rotatable bonds is 6. The second-order valence-corrected chi connectivity index (χ2v) is 8.87. The number of nitriles is 1. The summed E-state index contributed by atoms with van der Waals surface area (Å²) in [6.07, 6.45) is 0. The van der Waals surface area contributed by atoms with Gasteiger partial charge >= 0.3 is 11.9 Å². The van der Waals surface area contributed by atoms with E-state index in [0.717, 1.165) is 22.3 Å². The molecule has 3 unspecified atom stereocenters. The van der Waals surface area contributed by atoms with Crippen LogP contribution in [0.4, 0.5) is 0 Å². The average molecular weight is 474 g/mol. The van der Waals surface area contributed by atoms with E-state index in [2.05, 4.69) is 6.07 Å². The molecule has 0 aromatic heterocycles. The third-order valence-corrected chi connectivity index (χ3v) is 6.90. The molecule has 0 aliphatic heterocycles. The largest absolute Gasteiger partial charge is 0.481 e. The van der Waals surface area contributed by atoms with E-state index in [1.54, 1.807) is 24.3 Å². The standard InChI is InChI=1S/C31H23NO4/c32-19-20-15-17-21(18-16-20)24-13-7-8-14-25(24)36-31(35)29-26(22-9-3-1-4-10-22)28(30(33)34)27(29)23-11-5-2-6-12-23/h1-18,26-29H,(H,33,34)/t26-,27?,28?,29?/m1/s1. The lowest BCUT2D eigenvalue weighted by Crippen LogP contribution is -2.52. The predicted octanol–water partition coefficient (Wildman–Crippen LogP) is 6.03. The van der Waals surface area contributed by atoms with Crippen LogP contribution in [-0.4, -0.2) is 17.0 Å². The number of ether oxygens (including phenoxy) is 1. The molecule has 1 N–H and O–H groups in total. The van der Waals surface area contributed by atoms with Crippen molar-refractivity contribution in [3.05, 3.63) is 126 Å². The SMILES string of the molecule is N#Cc1ccc(-c2ccccc2OC(=O)C2C(c3ccccc3)C(C(=O)O)[C@H]2c2ccccc2)cc1. The highest BCUT2D eigenvalue weighted by atomic mass is 16.5. The number of aliphatic carboxylic acids is 1. The number of hydrogen-bond donors (Lipinski definition) is 1. The minimum Gasteiger partial charge on any atom is -0.481 e. The summed E-state index contributed by atoms with van der Waals surface area (Å²) in [5.74, 6) is -3.43. The molecule has 5 rings (SSSR count). The molecule has 5 nitrogen and oxygen atoms in total. The molecule has 0 saturated heterocycles. The summed E-state index contributed by atoms with van der Waals surface area (Å²) in [4.78, 5) is 26.1. The van der Waals surface area contributed by atoms with E-state index in [9.17, 15) is 14.7 Å². The highest BCUT2D eigenvalue weighted by Gasteiger charge is 2.59. The van der Waals surface area contributed by atoms with Gasteiger partial charge in [0.25, 0.3) is 0 Å². The first-order valence-corrected chi connectivity index (χ1v) is 11.7. The lowest BCUT2D eigenvalue weighted by Gasteiger charge is -2.49. The number of esters is 1. The van der Waals surface area contributed by atoms with Gasteiger partial charge in [0.2, 0.25) is 0 Å². The number of carboxylic acids is 1. The first kappa shape index (κ1) is 23.1. The van der Waals surface area contributed by atoms with Crippen molar-refractivity contribution in [1.82, 2.24) is 0 Å². The van der Waals surface area contributed by atoms with Gasteiger partial charge in [0.1, 0.15) is 5.75 Å². The van der Waals surface area contributed by atoms with Gasteiger partial charge in [-0.2, -0.15) is 5.26 Å². The lowest BCUT2D eigenvalue weighted by molar-refractivity contribution is -0.158. The van der Waals surface area contributed by atoms with Gasteiger partial charge in [-0.1, -0.05) is 91.0 Å². The maximum atomic E-state index is 13.8. The van der Waals surface area contributed by atoms with Gasteiger partial charge in [-0.15, -0.1) is 0 Å². The van der Waals surface area contributed by atoms with Crippen molar-refractivity contribution in [2.75, 3.05) is 0 Å². The molecular formula is C31H23NO4. The number of carbonyl (C=O) groups is 2. The number of para-hydroxylation sites is 1. The fourth-order valence-electron chi connectivity index (χ4n) is 5.22. The zero-order valence-electron chi connectivity index (χ0n) is 19.3. The third-order valence-electron chi connectivity index (χ3n) is 6.90. The fourth-order valence-corrected chi connectivity index (χ4v) is 5.22. The third kappa shape index (κ3) is 4.25. The Kier molecular flexibility index (Phi) is 6.34. The zero-order chi connectivity index (χ0) is 25.1. The first-order chi connectivity index (χ1) is 17.6. The monoisotopic (exact) mass is 473 g/mol. The Hall–Kier alpha value is -4.69. The van der Waals surface area contributed by atoms with E-state index >= 15 is 0 Å². The zero-order valence-corrected chi connectivity index (χ0v) is 19.3. The molecule has 1 fully saturated rings. The highest BCUT2D eigenvalue weighted by Crippen LogP contribution is 2.58. The number of benzene rings is 4. The lowest BCUT2D eigenvalue weighted by atomic mass is 9.52. The van der Waals surface area contributed by atoms with E-state index < -0.39 is 35.6 Å². The van der Waals surface area contributed by atoms with Crippen LogP contribution in [0.15, 0.2) is 109 Å². The molecule has 0 amide bonds. The molecule has 176 valence electrons. The molecule has 0 heterocycles. The molecule has 0 spiro atoms. The van der Waals surface area contributed by atoms with Gasteiger partial charge in [-0.3, -0.25) is 9.59 Å². The van der Waals surface area contributed by atoms with E-state index in [0.29, 0.717) is 11.3 Å². The van der Waals surface area contributed by atoms with Gasteiger partial charge in [-0.05, 0) is 34.9 Å². The fraction of sp³-hybridized carbons (Fsp3) is 0.129. The van der Waals surface area contributed by atoms with E-state index in [1.165, 1.54) is 0 Å². The molecule has 4 atom stereocenters. The molecule has 1 aliphatic rings. The number of carbonyl (C=O) groups excluding carboxylic acids is 1. The quantitative estimate of drug-likeness (QED) is 0.273. The molecule has 0 bridgehead atoms. The topological polar surface area (TPSA) is 87.4 Å². The summed E-state index contributed by atoms with van der Waals surface area (Å²) in [6.45, 7) is 0. The number of nitrogens with zero attached hydrogens (tertiary/aromatic N) is 1. The minimum atomic E-state index is -0.931. The van der Waals surface area contributed by atoms with Crippen LogP contribution in [0, 0.1) is 23.2 Å². The Balaban J connectivity index is 1.52. The summed E-state index contributed by atoms with van der Waals surface area (Å²) in [5, 5.41) is 19.3. The molecule has 36 heavy (non-hydrogen) atoms. The average Bonchev–Trinajstić information content (AvgIpc) is 2.89. The molecule has 4 aromatic rings. The second kappa shape index (κ2) is 9.89. The number of carboxylic acid groups (broad SMARTS) is 1. The second-order valence-electron chi connectivity index (χ2n) is 8.87. The van der Waals surface area contributed by atoms with Crippen molar-refractivity contribution < 1.29 is 19.4 Å². The Morgan fingerprint density at radius 1 is 0.694 bits per heavy atom. The van der Waals surface area contributed by atoms with Crippen LogP contribution < -0.4 is 4.74 Å². The van der Waals surface area contributed by atoms with Crippen LogP contribution >= 0.6 is 0 Å². The highest BCUT2D eigenvalue weighted by molar-refractivity contribution is 5.87. The maximum absolute atomic E-state index is 13.8. The van der Waals surface area contributed by atoms with Crippen LogP contribution in [0.1, 0.15) is 28.5 Å². The van der Waals surface area contributed by atoms with Gasteiger partial charge in [0.05, 0.1) is 23.5 Å². The molecule has 5 heteroatoms. The normalized spacial score (nSPS) is 20.5. The smallest absolute Gasteiger partial charge is 0.315 e. The van der Waals surface area contributed by atoms with E-state index in [1.807, 2.05) is 84.9 Å². The minimum absolute atomic E-state index is 0.393. The van der Waals surface area contributed by atoms with Gasteiger partial charge < -0.3 is 9.84 Å². The van der Waals surface area contributed by atoms with Crippen LogP contribution in [0.2, 0.25) is 0 Å². The van der Waals surface area contributed by atoms with Crippen molar-refractivity contribution in [2.24, 2.45) is 11.8 Å². The molecule has 0 radical (unpaired) electrons. The molecule has 4 aromatic carbocycles. The van der Waals surface area contributed by atoms with E-state index in [4.69, 9.17) is 10.00 Å². The Morgan fingerprint density at radius 3 is 1.75 bits per heavy atom. The van der Waals surface area contributed by atoms with Crippen molar-refractivity contribution >= 4 is 11.9 Å². The summed E-state index contributed by atoms with van der Waals surface area (Å²) in [5.41, 5.74) is 3.68. The summed E-state index contributed by atoms with van der Waals surface area (Å²) in [7, 11) is 0. The number of hydrogen-bond acceptors (Lipinski definition) is 4. The first-order valence-electron chi connectivity index (χ1n) is 11.7.